The van der Waals surface area contributed by atoms with E-state index >= 15 is 0 Å². The second-order valence-corrected chi connectivity index (χ2v) is 5.81. The predicted octanol–water partition coefficient (Wildman–Crippen LogP) is 3.33. The van der Waals surface area contributed by atoms with Crippen LogP contribution in [-0.2, 0) is 6.54 Å². The van der Waals surface area contributed by atoms with Crippen molar-refractivity contribution in [1.82, 2.24) is 15.5 Å². The third-order valence-electron chi connectivity index (χ3n) is 3.91. The fourth-order valence-corrected chi connectivity index (χ4v) is 2.43. The molecule has 0 aliphatic heterocycles. The molecule has 2 aromatic carbocycles. The topological polar surface area (TPSA) is 78.0 Å². The summed E-state index contributed by atoms with van der Waals surface area (Å²) in [6.45, 7) is 4.29. The molecular weight excluding hydrogens is 302 g/mol. The maximum atomic E-state index is 12.2. The van der Waals surface area contributed by atoms with E-state index in [-0.39, 0.29) is 11.7 Å². The number of nitrogens with zero attached hydrogens (tertiary/aromatic N) is 1. The molecule has 0 bridgehead atoms. The standard InChI is InChI=1S/C19H19N3O2/c1-12-6-8-14(9-7-12)11-20-19(24)17-10-16(21-22-17)15-5-3-4-13(2)18(15)23/h3-10,23H,11H2,1-2H3,(H,20,24)(H,21,22). The lowest BCUT2D eigenvalue weighted by atomic mass is 10.1. The van der Waals surface area contributed by atoms with Crippen LogP contribution in [0.1, 0.15) is 27.2 Å². The highest BCUT2D eigenvalue weighted by Crippen LogP contribution is 2.30. The van der Waals surface area contributed by atoms with Crippen LogP contribution >= 0.6 is 0 Å². The number of aromatic nitrogens is 2. The summed E-state index contributed by atoms with van der Waals surface area (Å²) in [4.78, 5) is 12.2. The highest BCUT2D eigenvalue weighted by molar-refractivity contribution is 5.93. The molecule has 1 amide bonds. The summed E-state index contributed by atoms with van der Waals surface area (Å²) in [5.74, 6) is -0.0583. The zero-order chi connectivity index (χ0) is 17.1. The lowest BCUT2D eigenvalue weighted by molar-refractivity contribution is 0.0946. The number of carbonyl (C=O) groups is 1. The number of benzene rings is 2. The van der Waals surface area contributed by atoms with Gasteiger partial charge in [0.15, 0.2) is 0 Å². The van der Waals surface area contributed by atoms with Gasteiger partial charge in [0.25, 0.3) is 5.91 Å². The number of phenolic OH excluding ortho intramolecular Hbond substituents is 1. The number of amides is 1. The molecule has 0 fully saturated rings. The number of rotatable bonds is 4. The first-order valence-corrected chi connectivity index (χ1v) is 7.72. The molecule has 3 aromatic rings. The van der Waals surface area contributed by atoms with Gasteiger partial charge < -0.3 is 10.4 Å². The van der Waals surface area contributed by atoms with E-state index in [9.17, 15) is 9.90 Å². The molecule has 0 unspecified atom stereocenters. The maximum Gasteiger partial charge on any atom is 0.269 e. The Morgan fingerprint density at radius 1 is 1.17 bits per heavy atom. The molecule has 3 rings (SSSR count). The van der Waals surface area contributed by atoms with Gasteiger partial charge in [-0.2, -0.15) is 5.10 Å². The molecule has 24 heavy (non-hydrogen) atoms. The molecule has 0 aliphatic rings. The number of H-pyrrole nitrogens is 1. The van der Waals surface area contributed by atoms with Crippen LogP contribution in [0.3, 0.4) is 0 Å². The fraction of sp³-hybridized carbons (Fsp3) is 0.158. The average Bonchev–Trinajstić information content (AvgIpc) is 3.06. The van der Waals surface area contributed by atoms with E-state index in [4.69, 9.17) is 0 Å². The van der Waals surface area contributed by atoms with Gasteiger partial charge in [-0.15, -0.1) is 0 Å². The second-order valence-electron chi connectivity index (χ2n) is 5.81. The van der Waals surface area contributed by atoms with Crippen molar-refractivity contribution in [3.63, 3.8) is 0 Å². The molecule has 0 radical (unpaired) electrons. The van der Waals surface area contributed by atoms with Crippen molar-refractivity contribution >= 4 is 5.91 Å². The van der Waals surface area contributed by atoms with Crippen molar-refractivity contribution in [1.29, 1.82) is 0 Å². The summed E-state index contributed by atoms with van der Waals surface area (Å²) in [6, 6.07) is 15.1. The Bertz CT molecular complexity index is 867. The van der Waals surface area contributed by atoms with Crippen LogP contribution in [0.2, 0.25) is 0 Å². The van der Waals surface area contributed by atoms with E-state index in [0.717, 1.165) is 11.1 Å². The number of carbonyl (C=O) groups excluding carboxylic acids is 1. The number of aromatic hydroxyl groups is 1. The average molecular weight is 321 g/mol. The van der Waals surface area contributed by atoms with Crippen molar-refractivity contribution in [2.45, 2.75) is 20.4 Å². The zero-order valence-electron chi connectivity index (χ0n) is 13.6. The van der Waals surface area contributed by atoms with Gasteiger partial charge in [0.05, 0.1) is 5.69 Å². The van der Waals surface area contributed by atoms with Gasteiger partial charge in [-0.25, -0.2) is 0 Å². The SMILES string of the molecule is Cc1ccc(CNC(=O)c2cc(-c3cccc(C)c3O)n[nH]2)cc1. The number of para-hydroxylation sites is 1. The predicted molar refractivity (Wildman–Crippen MR) is 92.8 cm³/mol. The largest absolute Gasteiger partial charge is 0.507 e. The van der Waals surface area contributed by atoms with Gasteiger partial charge in [0.2, 0.25) is 0 Å². The van der Waals surface area contributed by atoms with Crippen LogP contribution in [0.5, 0.6) is 5.75 Å². The van der Waals surface area contributed by atoms with E-state index < -0.39 is 0 Å². The lowest BCUT2D eigenvalue weighted by Crippen LogP contribution is -2.23. The van der Waals surface area contributed by atoms with Gasteiger partial charge in [-0.1, -0.05) is 42.0 Å². The van der Waals surface area contributed by atoms with Gasteiger partial charge in [0.1, 0.15) is 11.4 Å². The number of hydrogen-bond donors (Lipinski definition) is 3. The third kappa shape index (κ3) is 3.30. The first kappa shape index (κ1) is 15.8. The van der Waals surface area contributed by atoms with Crippen LogP contribution in [0.15, 0.2) is 48.5 Å². The van der Waals surface area contributed by atoms with Crippen LogP contribution in [-0.4, -0.2) is 21.2 Å². The number of aryl methyl sites for hydroxylation is 2. The molecule has 3 N–H and O–H groups in total. The maximum absolute atomic E-state index is 12.2. The molecule has 1 heterocycles. The summed E-state index contributed by atoms with van der Waals surface area (Å²) >= 11 is 0. The fourth-order valence-electron chi connectivity index (χ4n) is 2.43. The van der Waals surface area contributed by atoms with Crippen molar-refractivity contribution in [3.8, 4) is 17.0 Å². The molecule has 0 saturated heterocycles. The Morgan fingerprint density at radius 3 is 2.67 bits per heavy atom. The smallest absolute Gasteiger partial charge is 0.269 e. The summed E-state index contributed by atoms with van der Waals surface area (Å²) in [5, 5.41) is 19.8. The van der Waals surface area contributed by atoms with E-state index in [1.165, 1.54) is 5.56 Å². The highest BCUT2D eigenvalue weighted by Gasteiger charge is 2.13. The molecule has 122 valence electrons. The normalized spacial score (nSPS) is 10.6. The molecule has 0 saturated carbocycles. The van der Waals surface area contributed by atoms with Gasteiger partial charge in [0, 0.05) is 12.1 Å². The summed E-state index contributed by atoms with van der Waals surface area (Å²) in [5.41, 5.74) is 4.48. The summed E-state index contributed by atoms with van der Waals surface area (Å²) < 4.78 is 0. The Balaban J connectivity index is 1.72. The Labute approximate surface area is 140 Å². The quantitative estimate of drug-likeness (QED) is 0.690. The first-order valence-electron chi connectivity index (χ1n) is 7.72. The molecule has 5 heteroatoms. The van der Waals surface area contributed by atoms with Crippen molar-refractivity contribution in [2.24, 2.45) is 0 Å². The van der Waals surface area contributed by atoms with Crippen LogP contribution in [0.4, 0.5) is 0 Å². The molecule has 0 atom stereocenters. The van der Waals surface area contributed by atoms with Crippen molar-refractivity contribution < 1.29 is 9.90 Å². The van der Waals surface area contributed by atoms with Crippen LogP contribution in [0, 0.1) is 13.8 Å². The zero-order valence-corrected chi connectivity index (χ0v) is 13.6. The van der Waals surface area contributed by atoms with Crippen LogP contribution in [0.25, 0.3) is 11.3 Å². The van der Waals surface area contributed by atoms with E-state index in [2.05, 4.69) is 15.5 Å². The van der Waals surface area contributed by atoms with E-state index in [0.29, 0.717) is 23.5 Å². The molecule has 0 aliphatic carbocycles. The number of phenols is 1. The molecule has 0 spiro atoms. The van der Waals surface area contributed by atoms with Crippen molar-refractivity contribution in [2.75, 3.05) is 0 Å². The van der Waals surface area contributed by atoms with Gasteiger partial charge >= 0.3 is 0 Å². The molecular formula is C19H19N3O2. The first-order chi connectivity index (χ1) is 11.5. The minimum atomic E-state index is -0.235. The van der Waals surface area contributed by atoms with E-state index in [1.54, 1.807) is 12.1 Å². The van der Waals surface area contributed by atoms with Gasteiger partial charge in [-0.05, 0) is 37.1 Å². The van der Waals surface area contributed by atoms with Gasteiger partial charge in [-0.3, -0.25) is 9.89 Å². The third-order valence-corrected chi connectivity index (χ3v) is 3.91. The summed E-state index contributed by atoms with van der Waals surface area (Å²) in [7, 11) is 0. The van der Waals surface area contributed by atoms with Crippen molar-refractivity contribution in [3.05, 3.63) is 70.9 Å². The van der Waals surface area contributed by atoms with Crippen LogP contribution < -0.4 is 5.32 Å². The minimum absolute atomic E-state index is 0.176. The number of hydrogen-bond acceptors (Lipinski definition) is 3. The molecule has 1 aromatic heterocycles. The lowest BCUT2D eigenvalue weighted by Gasteiger charge is -2.04. The summed E-state index contributed by atoms with van der Waals surface area (Å²) in [6.07, 6.45) is 0. The number of aromatic amines is 1. The Kier molecular flexibility index (Phi) is 4.33. The second kappa shape index (κ2) is 6.58. The number of nitrogens with one attached hydrogen (secondary N) is 2. The van der Waals surface area contributed by atoms with E-state index in [1.807, 2.05) is 50.2 Å². The Morgan fingerprint density at radius 2 is 1.92 bits per heavy atom. The molecule has 5 nitrogen and oxygen atoms in total. The highest BCUT2D eigenvalue weighted by atomic mass is 16.3. The minimum Gasteiger partial charge on any atom is -0.507 e. The monoisotopic (exact) mass is 321 g/mol. The Hall–Kier alpha value is -3.08.